The molecule has 0 radical (unpaired) electrons. The van der Waals surface area contributed by atoms with E-state index in [1.165, 1.54) is 29.0 Å². The summed E-state index contributed by atoms with van der Waals surface area (Å²) < 4.78 is 13.9. The van der Waals surface area contributed by atoms with Crippen molar-refractivity contribution in [2.24, 2.45) is 0 Å². The Morgan fingerprint density at radius 3 is 2.58 bits per heavy atom. The van der Waals surface area contributed by atoms with Gasteiger partial charge in [-0.05, 0) is 36.6 Å². The Morgan fingerprint density at radius 2 is 1.89 bits per heavy atom. The summed E-state index contributed by atoms with van der Waals surface area (Å²) in [4.78, 5) is 0.542. The molecule has 2 aromatic carbocycles. The molecule has 2 rings (SSSR count). The van der Waals surface area contributed by atoms with Gasteiger partial charge < -0.3 is 5.11 Å². The first-order valence-corrected chi connectivity index (χ1v) is 7.22. The molecule has 0 aliphatic heterocycles. The van der Waals surface area contributed by atoms with E-state index >= 15 is 0 Å². The summed E-state index contributed by atoms with van der Waals surface area (Å²) in [6.07, 6.45) is -0.657. The molecule has 0 aromatic heterocycles. The van der Waals surface area contributed by atoms with Crippen LogP contribution in [-0.2, 0) is 5.75 Å². The lowest BCUT2D eigenvalue weighted by Crippen LogP contribution is -1.97. The highest BCUT2D eigenvalue weighted by atomic mass is 32.2. The van der Waals surface area contributed by atoms with E-state index in [1.807, 2.05) is 31.2 Å². The maximum atomic E-state index is 13.9. The Hall–Kier alpha value is -1.32. The fourth-order valence-corrected chi connectivity index (χ4v) is 3.16. The fourth-order valence-electron chi connectivity index (χ4n) is 1.93. The van der Waals surface area contributed by atoms with Crippen molar-refractivity contribution >= 4 is 11.8 Å². The van der Waals surface area contributed by atoms with Crippen molar-refractivity contribution in [2.45, 2.75) is 30.6 Å². The van der Waals surface area contributed by atoms with E-state index in [4.69, 9.17) is 0 Å². The number of aliphatic hydroxyl groups is 1. The molecule has 1 N–H and O–H groups in total. The van der Waals surface area contributed by atoms with Crippen LogP contribution in [0.25, 0.3) is 0 Å². The van der Waals surface area contributed by atoms with Crippen LogP contribution >= 0.6 is 11.8 Å². The molecule has 0 saturated carbocycles. The third-order valence-corrected chi connectivity index (χ3v) is 4.26. The lowest BCUT2D eigenvalue weighted by molar-refractivity contribution is 0.195. The van der Waals surface area contributed by atoms with Crippen molar-refractivity contribution < 1.29 is 9.50 Å². The molecule has 0 bridgehead atoms. The van der Waals surface area contributed by atoms with Gasteiger partial charge in [0, 0.05) is 10.6 Å². The van der Waals surface area contributed by atoms with Crippen molar-refractivity contribution in [3.05, 3.63) is 65.0 Å². The maximum absolute atomic E-state index is 13.9. The summed E-state index contributed by atoms with van der Waals surface area (Å²) in [7, 11) is 0. The molecule has 0 saturated heterocycles. The van der Waals surface area contributed by atoms with Crippen LogP contribution in [0.3, 0.4) is 0 Å². The minimum atomic E-state index is -0.657. The van der Waals surface area contributed by atoms with Crippen molar-refractivity contribution in [3.63, 3.8) is 0 Å². The summed E-state index contributed by atoms with van der Waals surface area (Å²) in [5, 5.41) is 9.70. The predicted molar refractivity (Wildman–Crippen MR) is 77.8 cm³/mol. The van der Waals surface area contributed by atoms with Crippen LogP contribution in [0, 0.1) is 12.7 Å². The number of benzene rings is 2. The zero-order valence-corrected chi connectivity index (χ0v) is 11.9. The standard InChI is InChI=1S/C16H17FOS/c1-11-6-3-4-7-13(11)10-19-16-14(12(2)18)8-5-9-15(16)17/h3-9,12,18H,10H2,1-2H3/t12-/m0/s1. The molecule has 19 heavy (non-hydrogen) atoms. The Morgan fingerprint density at radius 1 is 1.16 bits per heavy atom. The second kappa shape index (κ2) is 6.22. The third kappa shape index (κ3) is 3.37. The first-order chi connectivity index (χ1) is 9.09. The van der Waals surface area contributed by atoms with Crippen molar-refractivity contribution in [1.29, 1.82) is 0 Å². The summed E-state index contributed by atoms with van der Waals surface area (Å²) in [5.74, 6) is 0.435. The van der Waals surface area contributed by atoms with Gasteiger partial charge in [0.1, 0.15) is 5.82 Å². The van der Waals surface area contributed by atoms with E-state index in [-0.39, 0.29) is 5.82 Å². The predicted octanol–water partition coefficient (Wildman–Crippen LogP) is 4.48. The normalized spacial score (nSPS) is 12.4. The van der Waals surface area contributed by atoms with Gasteiger partial charge in [-0.3, -0.25) is 0 Å². The zero-order chi connectivity index (χ0) is 13.8. The number of rotatable bonds is 4. The molecule has 1 nitrogen and oxygen atoms in total. The average Bonchev–Trinajstić information content (AvgIpc) is 2.38. The molecule has 0 unspecified atom stereocenters. The quantitative estimate of drug-likeness (QED) is 0.831. The number of hydrogen-bond donors (Lipinski definition) is 1. The minimum absolute atomic E-state index is 0.267. The number of thioether (sulfide) groups is 1. The smallest absolute Gasteiger partial charge is 0.137 e. The molecule has 1 atom stereocenters. The van der Waals surface area contributed by atoms with Gasteiger partial charge in [0.05, 0.1) is 6.10 Å². The molecule has 100 valence electrons. The molecule has 0 amide bonds. The van der Waals surface area contributed by atoms with E-state index in [9.17, 15) is 9.50 Å². The van der Waals surface area contributed by atoms with E-state index in [2.05, 4.69) is 0 Å². The first-order valence-electron chi connectivity index (χ1n) is 6.23. The Balaban J connectivity index is 2.22. The first kappa shape index (κ1) is 14.1. The average molecular weight is 276 g/mol. The highest BCUT2D eigenvalue weighted by Crippen LogP contribution is 2.32. The fraction of sp³-hybridized carbons (Fsp3) is 0.250. The van der Waals surface area contributed by atoms with E-state index in [0.717, 1.165) is 0 Å². The largest absolute Gasteiger partial charge is 0.389 e. The number of aryl methyl sites for hydroxylation is 1. The summed E-state index contributed by atoms with van der Waals surface area (Å²) in [5.41, 5.74) is 3.04. The highest BCUT2D eigenvalue weighted by molar-refractivity contribution is 7.98. The van der Waals surface area contributed by atoms with Crippen molar-refractivity contribution in [2.75, 3.05) is 0 Å². The van der Waals surface area contributed by atoms with Crippen LogP contribution in [0.1, 0.15) is 29.7 Å². The second-order valence-corrected chi connectivity index (χ2v) is 5.53. The van der Waals surface area contributed by atoms with Gasteiger partial charge >= 0.3 is 0 Å². The van der Waals surface area contributed by atoms with Gasteiger partial charge in [-0.25, -0.2) is 4.39 Å². The lowest BCUT2D eigenvalue weighted by atomic mass is 10.1. The number of halogens is 1. The Bertz CT molecular complexity index is 566. The summed E-state index contributed by atoms with van der Waals surface area (Å²) in [6.45, 7) is 3.71. The van der Waals surface area contributed by atoms with Crippen LogP contribution in [0.4, 0.5) is 4.39 Å². The number of aliphatic hydroxyl groups excluding tert-OH is 1. The molecule has 0 heterocycles. The molecule has 0 aliphatic rings. The van der Waals surface area contributed by atoms with E-state index in [0.29, 0.717) is 16.2 Å². The maximum Gasteiger partial charge on any atom is 0.137 e. The Labute approximate surface area is 117 Å². The SMILES string of the molecule is Cc1ccccc1CSc1c(F)cccc1[C@H](C)O. The highest BCUT2D eigenvalue weighted by Gasteiger charge is 2.13. The summed E-state index contributed by atoms with van der Waals surface area (Å²) >= 11 is 1.43. The molecular formula is C16H17FOS. The lowest BCUT2D eigenvalue weighted by Gasteiger charge is -2.13. The zero-order valence-electron chi connectivity index (χ0n) is 11.1. The van der Waals surface area contributed by atoms with E-state index < -0.39 is 6.10 Å². The van der Waals surface area contributed by atoms with Gasteiger partial charge in [-0.1, -0.05) is 36.4 Å². The summed E-state index contributed by atoms with van der Waals surface area (Å²) in [6, 6.07) is 12.9. The van der Waals surface area contributed by atoms with Crippen LogP contribution in [0.5, 0.6) is 0 Å². The molecule has 2 aromatic rings. The van der Waals surface area contributed by atoms with Gasteiger partial charge in [0.2, 0.25) is 0 Å². The molecule has 0 spiro atoms. The van der Waals surface area contributed by atoms with Gasteiger partial charge in [0.15, 0.2) is 0 Å². The Kier molecular flexibility index (Phi) is 4.61. The molecule has 3 heteroatoms. The third-order valence-electron chi connectivity index (χ3n) is 3.08. The molecule has 0 fully saturated rings. The van der Waals surface area contributed by atoms with Crippen LogP contribution < -0.4 is 0 Å². The van der Waals surface area contributed by atoms with Crippen molar-refractivity contribution in [3.8, 4) is 0 Å². The molecule has 0 aliphatic carbocycles. The van der Waals surface area contributed by atoms with Crippen LogP contribution in [0.2, 0.25) is 0 Å². The second-order valence-electron chi connectivity index (χ2n) is 4.55. The molecular weight excluding hydrogens is 259 g/mol. The monoisotopic (exact) mass is 276 g/mol. The number of hydrogen-bond acceptors (Lipinski definition) is 2. The topological polar surface area (TPSA) is 20.2 Å². The van der Waals surface area contributed by atoms with Gasteiger partial charge in [-0.2, -0.15) is 0 Å². The van der Waals surface area contributed by atoms with Gasteiger partial charge in [-0.15, -0.1) is 11.8 Å². The van der Waals surface area contributed by atoms with Crippen molar-refractivity contribution in [1.82, 2.24) is 0 Å². The minimum Gasteiger partial charge on any atom is -0.389 e. The van der Waals surface area contributed by atoms with Crippen LogP contribution in [0.15, 0.2) is 47.4 Å². The van der Waals surface area contributed by atoms with Gasteiger partial charge in [0.25, 0.3) is 0 Å². The van der Waals surface area contributed by atoms with Crippen LogP contribution in [-0.4, -0.2) is 5.11 Å². The van der Waals surface area contributed by atoms with E-state index in [1.54, 1.807) is 19.1 Å².